The number of hydrogen-bond acceptors (Lipinski definition) is 4. The van der Waals surface area contributed by atoms with Crippen molar-refractivity contribution in [2.75, 3.05) is 19.7 Å². The molecule has 1 fully saturated rings. The van der Waals surface area contributed by atoms with E-state index in [-0.39, 0.29) is 17.1 Å². The fraction of sp³-hybridized carbons (Fsp3) is 0.500. The minimum absolute atomic E-state index is 0.128. The van der Waals surface area contributed by atoms with Crippen LogP contribution in [0.2, 0.25) is 0 Å². The summed E-state index contributed by atoms with van der Waals surface area (Å²) in [5.41, 5.74) is 0.380. The van der Waals surface area contributed by atoms with E-state index >= 15 is 0 Å². The lowest BCUT2D eigenvalue weighted by Gasteiger charge is -2.47. The van der Waals surface area contributed by atoms with Crippen LogP contribution in [0.25, 0.3) is 10.9 Å². The number of rotatable bonds is 6. The molecule has 0 spiro atoms. The summed E-state index contributed by atoms with van der Waals surface area (Å²) in [6.07, 6.45) is 1.71. The van der Waals surface area contributed by atoms with Crippen molar-refractivity contribution in [3.63, 3.8) is 0 Å². The van der Waals surface area contributed by atoms with Crippen LogP contribution in [0.1, 0.15) is 32.5 Å². The van der Waals surface area contributed by atoms with E-state index < -0.39 is 0 Å². The van der Waals surface area contributed by atoms with Crippen LogP contribution in [0.15, 0.2) is 29.1 Å². The number of nitrogens with zero attached hydrogens (tertiary/aromatic N) is 2. The first kappa shape index (κ1) is 16.6. The molecule has 2 aromatic rings. The predicted octanol–water partition coefficient (Wildman–Crippen LogP) is 1.88. The van der Waals surface area contributed by atoms with Gasteiger partial charge < -0.3 is 14.6 Å². The van der Waals surface area contributed by atoms with Gasteiger partial charge in [-0.3, -0.25) is 9.59 Å². The minimum atomic E-state index is -0.185. The molecule has 0 atom stereocenters. The van der Waals surface area contributed by atoms with Gasteiger partial charge in [-0.15, -0.1) is 0 Å². The van der Waals surface area contributed by atoms with Gasteiger partial charge in [0.25, 0.3) is 5.56 Å². The first-order valence-electron chi connectivity index (χ1n) is 8.40. The Balaban J connectivity index is 1.52. The second kappa shape index (κ2) is 6.73. The van der Waals surface area contributed by atoms with E-state index in [1.165, 1.54) is 0 Å². The van der Waals surface area contributed by atoms with Crippen LogP contribution in [0.3, 0.4) is 0 Å². The zero-order valence-corrected chi connectivity index (χ0v) is 14.2. The molecule has 0 unspecified atom stereocenters. The monoisotopic (exact) mass is 329 g/mol. The third kappa shape index (κ3) is 3.48. The van der Waals surface area contributed by atoms with Crippen molar-refractivity contribution in [3.05, 3.63) is 40.4 Å². The van der Waals surface area contributed by atoms with Gasteiger partial charge in [-0.05, 0) is 32.4 Å². The van der Waals surface area contributed by atoms with Crippen LogP contribution in [0.5, 0.6) is 0 Å². The fourth-order valence-electron chi connectivity index (χ4n) is 3.20. The summed E-state index contributed by atoms with van der Waals surface area (Å²) in [5, 5.41) is 0.591. The van der Waals surface area contributed by atoms with Gasteiger partial charge in [0.15, 0.2) is 0 Å². The quantitative estimate of drug-likeness (QED) is 0.878. The molecule has 1 aliphatic rings. The van der Waals surface area contributed by atoms with Crippen molar-refractivity contribution in [2.24, 2.45) is 0 Å². The van der Waals surface area contributed by atoms with E-state index in [0.29, 0.717) is 55.7 Å². The number of para-hydroxylation sites is 1. The van der Waals surface area contributed by atoms with Crippen molar-refractivity contribution < 1.29 is 9.53 Å². The molecule has 0 radical (unpaired) electrons. The molecule has 1 aliphatic heterocycles. The van der Waals surface area contributed by atoms with Crippen LogP contribution < -0.4 is 5.56 Å². The van der Waals surface area contributed by atoms with Crippen LogP contribution in [-0.2, 0) is 16.0 Å². The van der Waals surface area contributed by atoms with Gasteiger partial charge in [0, 0.05) is 19.4 Å². The van der Waals surface area contributed by atoms with Gasteiger partial charge in [0.2, 0.25) is 5.91 Å². The van der Waals surface area contributed by atoms with Crippen molar-refractivity contribution >= 4 is 16.8 Å². The van der Waals surface area contributed by atoms with Crippen LogP contribution >= 0.6 is 0 Å². The molecule has 0 saturated carbocycles. The maximum atomic E-state index is 12.2. The maximum absolute atomic E-state index is 12.2. The Morgan fingerprint density at radius 3 is 2.88 bits per heavy atom. The van der Waals surface area contributed by atoms with Crippen LogP contribution in [0, 0.1) is 0 Å². The Labute approximate surface area is 140 Å². The fourth-order valence-corrected chi connectivity index (χ4v) is 3.20. The summed E-state index contributed by atoms with van der Waals surface area (Å²) in [6, 6.07) is 7.27. The zero-order chi connectivity index (χ0) is 17.2. The molecule has 1 saturated heterocycles. The molecule has 6 nitrogen and oxygen atoms in total. The number of amides is 1. The van der Waals surface area contributed by atoms with Crippen molar-refractivity contribution in [1.82, 2.24) is 14.9 Å². The minimum Gasteiger partial charge on any atom is -0.372 e. The lowest BCUT2D eigenvalue weighted by molar-refractivity contribution is -0.163. The highest BCUT2D eigenvalue weighted by molar-refractivity contribution is 5.78. The molecule has 1 N–H and O–H groups in total. The lowest BCUT2D eigenvalue weighted by Crippen LogP contribution is -2.63. The molecule has 1 aromatic carbocycles. The second-order valence-electron chi connectivity index (χ2n) is 6.52. The van der Waals surface area contributed by atoms with Crippen molar-refractivity contribution in [2.45, 2.75) is 38.7 Å². The summed E-state index contributed by atoms with van der Waals surface area (Å²) < 4.78 is 5.63. The van der Waals surface area contributed by atoms with E-state index in [9.17, 15) is 9.59 Å². The maximum Gasteiger partial charge on any atom is 0.258 e. The molecular weight excluding hydrogens is 306 g/mol. The van der Waals surface area contributed by atoms with Gasteiger partial charge in [0.1, 0.15) is 11.4 Å². The Morgan fingerprint density at radius 1 is 1.38 bits per heavy atom. The van der Waals surface area contributed by atoms with Crippen molar-refractivity contribution in [3.8, 4) is 0 Å². The normalized spacial score (nSPS) is 16.2. The number of H-pyrrole nitrogens is 1. The third-order valence-electron chi connectivity index (χ3n) is 4.36. The molecule has 1 amide bonds. The number of hydrogen-bond donors (Lipinski definition) is 1. The SMILES string of the molecule is CCOC1(C)CN(C(=O)CCCc2nc3ccccc3c(=O)[nH]2)C1. The second-order valence-corrected chi connectivity index (χ2v) is 6.52. The van der Waals surface area contributed by atoms with E-state index in [0.717, 1.165) is 0 Å². The van der Waals surface area contributed by atoms with Gasteiger partial charge in [0.05, 0.1) is 24.0 Å². The third-order valence-corrected chi connectivity index (χ3v) is 4.36. The largest absolute Gasteiger partial charge is 0.372 e. The summed E-state index contributed by atoms with van der Waals surface area (Å²) in [7, 11) is 0. The Hall–Kier alpha value is -2.21. The number of carbonyl (C=O) groups is 1. The molecule has 0 aliphatic carbocycles. The lowest BCUT2D eigenvalue weighted by atomic mass is 9.95. The predicted molar refractivity (Wildman–Crippen MR) is 91.9 cm³/mol. The van der Waals surface area contributed by atoms with Gasteiger partial charge in [-0.25, -0.2) is 4.98 Å². The number of fused-ring (bicyclic) bond motifs is 1. The highest BCUT2D eigenvalue weighted by Crippen LogP contribution is 2.25. The van der Waals surface area contributed by atoms with Crippen molar-refractivity contribution in [1.29, 1.82) is 0 Å². The number of likely N-dealkylation sites (tertiary alicyclic amines) is 1. The highest BCUT2D eigenvalue weighted by atomic mass is 16.5. The van der Waals surface area contributed by atoms with E-state index in [1.54, 1.807) is 6.07 Å². The van der Waals surface area contributed by atoms with E-state index in [1.807, 2.05) is 36.9 Å². The number of carbonyl (C=O) groups excluding carboxylic acids is 1. The van der Waals surface area contributed by atoms with Gasteiger partial charge in [-0.2, -0.15) is 0 Å². The average Bonchev–Trinajstić information content (AvgIpc) is 2.52. The highest BCUT2D eigenvalue weighted by Gasteiger charge is 2.41. The number of aryl methyl sites for hydroxylation is 1. The molecule has 1 aromatic heterocycles. The molecule has 0 bridgehead atoms. The molecule has 24 heavy (non-hydrogen) atoms. The first-order chi connectivity index (χ1) is 11.5. The summed E-state index contributed by atoms with van der Waals surface area (Å²) >= 11 is 0. The summed E-state index contributed by atoms with van der Waals surface area (Å²) in [6.45, 7) is 5.98. The topological polar surface area (TPSA) is 75.3 Å². The Bertz CT molecular complexity index is 793. The number of nitrogens with one attached hydrogen (secondary N) is 1. The van der Waals surface area contributed by atoms with Crippen LogP contribution in [-0.4, -0.2) is 46.1 Å². The molecule has 2 heterocycles. The number of aromatic amines is 1. The Kier molecular flexibility index (Phi) is 4.66. The molecule has 6 heteroatoms. The molecule has 3 rings (SSSR count). The number of ether oxygens (including phenoxy) is 1. The van der Waals surface area contributed by atoms with E-state index in [2.05, 4.69) is 9.97 Å². The first-order valence-corrected chi connectivity index (χ1v) is 8.40. The molecular formula is C18H23N3O3. The standard InChI is InChI=1S/C18H23N3O3/c1-3-24-18(2)11-21(12-18)16(22)10-6-9-15-19-14-8-5-4-7-13(14)17(23)20-15/h4-5,7-8H,3,6,9-12H2,1-2H3,(H,19,20,23). The average molecular weight is 329 g/mol. The number of benzene rings is 1. The summed E-state index contributed by atoms with van der Waals surface area (Å²) in [4.78, 5) is 33.3. The summed E-state index contributed by atoms with van der Waals surface area (Å²) in [5.74, 6) is 0.768. The smallest absolute Gasteiger partial charge is 0.258 e. The molecule has 128 valence electrons. The van der Waals surface area contributed by atoms with Gasteiger partial charge in [-0.1, -0.05) is 12.1 Å². The zero-order valence-electron chi connectivity index (χ0n) is 14.2. The van der Waals surface area contributed by atoms with Gasteiger partial charge >= 0.3 is 0 Å². The van der Waals surface area contributed by atoms with E-state index in [4.69, 9.17) is 4.74 Å². The number of aromatic nitrogens is 2. The Morgan fingerprint density at radius 2 is 2.12 bits per heavy atom. The van der Waals surface area contributed by atoms with Crippen LogP contribution in [0.4, 0.5) is 0 Å².